The summed E-state index contributed by atoms with van der Waals surface area (Å²) in [6.07, 6.45) is 6.56. The standard InChI is InChI=1S/C10H12N2S2/c1-2-8(12-11)10-5-7-6-13-4-3-9(7)14-10/h1,5,8,12H,3-4,6,11H2. The largest absolute Gasteiger partial charge is 0.270 e. The van der Waals surface area contributed by atoms with E-state index in [1.807, 2.05) is 11.8 Å². The summed E-state index contributed by atoms with van der Waals surface area (Å²) in [5, 5.41) is 0. The Kier molecular flexibility index (Phi) is 3.14. The molecule has 0 aliphatic carbocycles. The minimum Gasteiger partial charge on any atom is -0.270 e. The van der Waals surface area contributed by atoms with E-state index in [1.165, 1.54) is 27.5 Å². The monoisotopic (exact) mass is 224 g/mol. The zero-order valence-electron chi connectivity index (χ0n) is 7.75. The van der Waals surface area contributed by atoms with Gasteiger partial charge in [-0.15, -0.1) is 17.8 Å². The average molecular weight is 224 g/mol. The summed E-state index contributed by atoms with van der Waals surface area (Å²) >= 11 is 3.78. The van der Waals surface area contributed by atoms with Gasteiger partial charge in [0.1, 0.15) is 6.04 Å². The van der Waals surface area contributed by atoms with Crippen LogP contribution in [0.2, 0.25) is 0 Å². The van der Waals surface area contributed by atoms with E-state index >= 15 is 0 Å². The van der Waals surface area contributed by atoms with E-state index in [2.05, 4.69) is 17.4 Å². The normalized spacial score (nSPS) is 17.1. The summed E-state index contributed by atoms with van der Waals surface area (Å²) in [6.45, 7) is 0. The van der Waals surface area contributed by atoms with Crippen LogP contribution in [-0.2, 0) is 12.2 Å². The van der Waals surface area contributed by atoms with Crippen molar-refractivity contribution in [2.24, 2.45) is 5.84 Å². The lowest BCUT2D eigenvalue weighted by Crippen LogP contribution is -2.26. The molecule has 74 valence electrons. The van der Waals surface area contributed by atoms with Crippen LogP contribution >= 0.6 is 23.1 Å². The van der Waals surface area contributed by atoms with Gasteiger partial charge < -0.3 is 0 Å². The minimum absolute atomic E-state index is 0.129. The van der Waals surface area contributed by atoms with E-state index in [0.717, 1.165) is 5.75 Å². The zero-order valence-corrected chi connectivity index (χ0v) is 9.38. The number of aryl methyl sites for hydroxylation is 1. The molecule has 0 saturated heterocycles. The van der Waals surface area contributed by atoms with Crippen LogP contribution in [0.4, 0.5) is 0 Å². The fraction of sp³-hybridized carbons (Fsp3) is 0.400. The number of rotatable bonds is 2. The summed E-state index contributed by atoms with van der Waals surface area (Å²) in [5.41, 5.74) is 4.09. The number of fused-ring (bicyclic) bond motifs is 1. The lowest BCUT2D eigenvalue weighted by atomic mass is 10.2. The smallest absolute Gasteiger partial charge is 0.116 e. The molecule has 1 aliphatic rings. The van der Waals surface area contributed by atoms with Gasteiger partial charge in [-0.2, -0.15) is 11.8 Å². The molecule has 1 aromatic rings. The number of thioether (sulfide) groups is 1. The number of thiophene rings is 1. The van der Waals surface area contributed by atoms with Gasteiger partial charge in [0.05, 0.1) is 0 Å². The van der Waals surface area contributed by atoms with Crippen molar-refractivity contribution in [1.29, 1.82) is 0 Å². The van der Waals surface area contributed by atoms with Gasteiger partial charge in [-0.05, 0) is 23.8 Å². The molecule has 1 unspecified atom stereocenters. The first-order valence-corrected chi connectivity index (χ1v) is 6.43. The van der Waals surface area contributed by atoms with Gasteiger partial charge in [-0.3, -0.25) is 5.84 Å². The third-order valence-corrected chi connectivity index (χ3v) is 4.57. The van der Waals surface area contributed by atoms with Crippen LogP contribution in [0.5, 0.6) is 0 Å². The number of terminal acetylenes is 1. The van der Waals surface area contributed by atoms with Crippen molar-refractivity contribution in [2.45, 2.75) is 18.2 Å². The van der Waals surface area contributed by atoms with Crippen LogP contribution in [0.25, 0.3) is 0 Å². The predicted molar refractivity (Wildman–Crippen MR) is 63.1 cm³/mol. The van der Waals surface area contributed by atoms with Crippen molar-refractivity contribution < 1.29 is 0 Å². The molecule has 2 nitrogen and oxygen atoms in total. The van der Waals surface area contributed by atoms with Crippen LogP contribution in [0.1, 0.15) is 21.4 Å². The molecule has 2 rings (SSSR count). The highest BCUT2D eigenvalue weighted by Gasteiger charge is 2.16. The Morgan fingerprint density at radius 1 is 1.64 bits per heavy atom. The molecule has 1 atom stereocenters. The van der Waals surface area contributed by atoms with E-state index in [4.69, 9.17) is 12.3 Å². The molecular formula is C10H12N2S2. The van der Waals surface area contributed by atoms with E-state index in [0.29, 0.717) is 0 Å². The molecule has 0 amide bonds. The third kappa shape index (κ3) is 1.82. The molecule has 3 N–H and O–H groups in total. The first kappa shape index (κ1) is 10.1. The van der Waals surface area contributed by atoms with Gasteiger partial charge >= 0.3 is 0 Å². The molecule has 0 bridgehead atoms. The molecule has 14 heavy (non-hydrogen) atoms. The fourth-order valence-electron chi connectivity index (χ4n) is 1.52. The van der Waals surface area contributed by atoms with Gasteiger partial charge in [0, 0.05) is 15.5 Å². The molecule has 0 spiro atoms. The Morgan fingerprint density at radius 2 is 2.50 bits per heavy atom. The van der Waals surface area contributed by atoms with E-state index < -0.39 is 0 Å². The third-order valence-electron chi connectivity index (χ3n) is 2.26. The number of hydrogen-bond donors (Lipinski definition) is 2. The molecule has 0 radical (unpaired) electrons. The van der Waals surface area contributed by atoms with Crippen molar-refractivity contribution in [3.8, 4) is 12.3 Å². The maximum atomic E-state index is 5.38. The topological polar surface area (TPSA) is 38.0 Å². The number of hydrazine groups is 1. The predicted octanol–water partition coefficient (Wildman–Crippen LogP) is 1.67. The van der Waals surface area contributed by atoms with Crippen LogP contribution in [0.15, 0.2) is 6.07 Å². The van der Waals surface area contributed by atoms with Gasteiger partial charge in [0.25, 0.3) is 0 Å². The van der Waals surface area contributed by atoms with Crippen molar-refractivity contribution in [3.63, 3.8) is 0 Å². The van der Waals surface area contributed by atoms with E-state index in [1.54, 1.807) is 11.3 Å². The molecule has 0 aromatic carbocycles. The van der Waals surface area contributed by atoms with Crippen LogP contribution in [-0.4, -0.2) is 5.75 Å². The van der Waals surface area contributed by atoms with Crippen molar-refractivity contribution in [2.75, 3.05) is 5.75 Å². The summed E-state index contributed by atoms with van der Waals surface area (Å²) < 4.78 is 0. The van der Waals surface area contributed by atoms with Crippen LogP contribution in [0.3, 0.4) is 0 Å². The average Bonchev–Trinajstić information content (AvgIpc) is 2.63. The van der Waals surface area contributed by atoms with Gasteiger partial charge in [-0.25, -0.2) is 5.43 Å². The molecule has 1 aliphatic heterocycles. The zero-order chi connectivity index (χ0) is 9.97. The number of nitrogens with two attached hydrogens (primary N) is 1. The summed E-state index contributed by atoms with van der Waals surface area (Å²) in [5.74, 6) is 10.4. The SMILES string of the molecule is C#CC(NN)c1cc2c(s1)CCSC2. The molecule has 0 fully saturated rings. The number of nitrogens with one attached hydrogen (secondary N) is 1. The molecule has 4 heteroatoms. The van der Waals surface area contributed by atoms with Crippen molar-refractivity contribution >= 4 is 23.1 Å². The lowest BCUT2D eigenvalue weighted by Gasteiger charge is -2.08. The highest BCUT2D eigenvalue weighted by Crippen LogP contribution is 2.33. The van der Waals surface area contributed by atoms with E-state index in [-0.39, 0.29) is 6.04 Å². The quantitative estimate of drug-likeness (QED) is 0.456. The number of hydrogen-bond acceptors (Lipinski definition) is 4. The van der Waals surface area contributed by atoms with Crippen molar-refractivity contribution in [1.82, 2.24) is 5.43 Å². The molecule has 0 saturated carbocycles. The Hall–Kier alpha value is -0.470. The Morgan fingerprint density at radius 3 is 3.14 bits per heavy atom. The first-order chi connectivity index (χ1) is 6.85. The fourth-order valence-corrected chi connectivity index (χ4v) is 3.92. The van der Waals surface area contributed by atoms with Crippen LogP contribution < -0.4 is 11.3 Å². The first-order valence-electron chi connectivity index (χ1n) is 4.46. The van der Waals surface area contributed by atoms with E-state index in [9.17, 15) is 0 Å². The van der Waals surface area contributed by atoms with Gasteiger partial charge in [-0.1, -0.05) is 5.92 Å². The summed E-state index contributed by atoms with van der Waals surface area (Å²) in [6, 6.07) is 2.06. The Balaban J connectivity index is 2.28. The Bertz CT molecular complexity index is 341. The second kappa shape index (κ2) is 4.37. The molecule has 1 aromatic heterocycles. The Labute approximate surface area is 92.2 Å². The second-order valence-corrected chi connectivity index (χ2v) is 5.44. The molecular weight excluding hydrogens is 212 g/mol. The maximum absolute atomic E-state index is 5.38. The summed E-state index contributed by atoms with van der Waals surface area (Å²) in [7, 11) is 0. The van der Waals surface area contributed by atoms with Crippen molar-refractivity contribution in [3.05, 3.63) is 21.4 Å². The molecule has 2 heterocycles. The second-order valence-electron chi connectivity index (χ2n) is 3.17. The highest BCUT2D eigenvalue weighted by molar-refractivity contribution is 7.98. The van der Waals surface area contributed by atoms with Gasteiger partial charge in [0.15, 0.2) is 0 Å². The minimum atomic E-state index is -0.129. The van der Waals surface area contributed by atoms with Gasteiger partial charge in [0.2, 0.25) is 0 Å². The lowest BCUT2D eigenvalue weighted by molar-refractivity contribution is 0.683. The maximum Gasteiger partial charge on any atom is 0.116 e. The summed E-state index contributed by atoms with van der Waals surface area (Å²) in [4.78, 5) is 2.65. The van der Waals surface area contributed by atoms with Crippen LogP contribution in [0, 0.1) is 12.3 Å². The highest BCUT2D eigenvalue weighted by atomic mass is 32.2.